The van der Waals surface area contributed by atoms with Crippen LogP contribution in [-0.4, -0.2) is 67.8 Å². The summed E-state index contributed by atoms with van der Waals surface area (Å²) < 4.78 is 50.5. The van der Waals surface area contributed by atoms with E-state index in [-0.39, 0.29) is 50.8 Å². The highest BCUT2D eigenvalue weighted by Crippen LogP contribution is 2.35. The smallest absolute Gasteiger partial charge is 0.383 e. The lowest BCUT2D eigenvalue weighted by Crippen LogP contribution is -2.61. The van der Waals surface area contributed by atoms with Gasteiger partial charge in [0.05, 0.1) is 35.9 Å². The molecule has 0 radical (unpaired) electrons. The summed E-state index contributed by atoms with van der Waals surface area (Å²) in [7, 11) is 1.48. The normalized spacial score (nSPS) is 16.2. The van der Waals surface area contributed by atoms with E-state index >= 15 is 0 Å². The molecule has 1 unspecified atom stereocenters. The third kappa shape index (κ3) is 5.92. The van der Waals surface area contributed by atoms with E-state index in [0.29, 0.717) is 17.0 Å². The van der Waals surface area contributed by atoms with Crippen LogP contribution >= 0.6 is 0 Å². The largest absolute Gasteiger partial charge is 0.417 e. The van der Waals surface area contributed by atoms with Gasteiger partial charge in [0.25, 0.3) is 0 Å². The second-order valence-electron chi connectivity index (χ2n) is 8.15. The van der Waals surface area contributed by atoms with E-state index in [4.69, 9.17) is 14.5 Å². The number of rotatable bonds is 7. The predicted octanol–water partition coefficient (Wildman–Crippen LogP) is 2.20. The zero-order chi connectivity index (χ0) is 25.8. The molecule has 1 aromatic carbocycles. The Labute approximate surface area is 200 Å². The van der Waals surface area contributed by atoms with Crippen LogP contribution in [0.1, 0.15) is 28.1 Å². The molecule has 1 atom stereocenters. The standard InChI is InChI=1S/C23H26F3N5O4/c1-14-18(15(2)35-29-14)11-21(32)31-8-7-30(13-20(31)22(33)28-6-9-34-3)17-5-4-16(12-27)19(10-17)23(24,25)26/h4-5,10,20H,6-9,11,13H2,1-3H3,(H,28,33). The molecular weight excluding hydrogens is 467 g/mol. The van der Waals surface area contributed by atoms with Gasteiger partial charge in [0.15, 0.2) is 0 Å². The molecule has 188 valence electrons. The minimum Gasteiger partial charge on any atom is -0.383 e. The number of hydrogen-bond acceptors (Lipinski definition) is 7. The van der Waals surface area contributed by atoms with Gasteiger partial charge in [-0.05, 0) is 32.0 Å². The first-order valence-electron chi connectivity index (χ1n) is 10.9. The molecule has 2 aromatic rings. The van der Waals surface area contributed by atoms with Crippen molar-refractivity contribution in [2.75, 3.05) is 44.8 Å². The van der Waals surface area contributed by atoms with Crippen molar-refractivity contribution in [2.24, 2.45) is 0 Å². The average Bonchev–Trinajstić information content (AvgIpc) is 3.14. The van der Waals surface area contributed by atoms with Crippen LogP contribution in [0.4, 0.5) is 18.9 Å². The molecule has 9 nitrogen and oxygen atoms in total. The number of benzene rings is 1. The summed E-state index contributed by atoms with van der Waals surface area (Å²) in [5.41, 5.74) is -0.103. The lowest BCUT2D eigenvalue weighted by Gasteiger charge is -2.41. The molecule has 3 rings (SSSR count). The quantitative estimate of drug-likeness (QED) is 0.589. The van der Waals surface area contributed by atoms with Gasteiger partial charge in [0.2, 0.25) is 11.8 Å². The van der Waals surface area contributed by atoms with Gasteiger partial charge >= 0.3 is 6.18 Å². The summed E-state index contributed by atoms with van der Waals surface area (Å²) in [6.07, 6.45) is -4.72. The van der Waals surface area contributed by atoms with Crippen LogP contribution < -0.4 is 10.2 Å². The first kappa shape index (κ1) is 26.0. The van der Waals surface area contributed by atoms with Crippen LogP contribution in [0.25, 0.3) is 0 Å². The first-order chi connectivity index (χ1) is 16.6. The van der Waals surface area contributed by atoms with Gasteiger partial charge in [-0.2, -0.15) is 18.4 Å². The highest BCUT2D eigenvalue weighted by molar-refractivity contribution is 5.89. The van der Waals surface area contributed by atoms with E-state index in [1.165, 1.54) is 18.1 Å². The fourth-order valence-electron chi connectivity index (χ4n) is 4.00. The Balaban J connectivity index is 1.86. The summed E-state index contributed by atoms with van der Waals surface area (Å²) in [5.74, 6) is -0.252. The van der Waals surface area contributed by atoms with Crippen LogP contribution in [0.2, 0.25) is 0 Å². The molecule has 0 spiro atoms. The molecule has 1 aliphatic rings. The van der Waals surface area contributed by atoms with E-state index < -0.39 is 29.3 Å². The Morgan fingerprint density at radius 3 is 2.66 bits per heavy atom. The number of piperazine rings is 1. The molecule has 0 aliphatic carbocycles. The van der Waals surface area contributed by atoms with Crippen molar-refractivity contribution in [2.45, 2.75) is 32.5 Å². The Bertz CT molecular complexity index is 1110. The number of aryl methyl sites for hydroxylation is 2. The molecule has 35 heavy (non-hydrogen) atoms. The van der Waals surface area contributed by atoms with E-state index in [9.17, 15) is 22.8 Å². The van der Waals surface area contributed by atoms with Crippen LogP contribution in [-0.2, 0) is 26.9 Å². The molecule has 1 saturated heterocycles. The number of methoxy groups -OCH3 is 1. The maximum Gasteiger partial charge on any atom is 0.417 e. The van der Waals surface area contributed by atoms with Gasteiger partial charge in [-0.3, -0.25) is 9.59 Å². The Hall–Kier alpha value is -3.59. The summed E-state index contributed by atoms with van der Waals surface area (Å²) in [5, 5.41) is 15.6. The number of carbonyl (C=O) groups is 2. The molecule has 12 heteroatoms. The summed E-state index contributed by atoms with van der Waals surface area (Å²) in [6.45, 7) is 4.19. The lowest BCUT2D eigenvalue weighted by atomic mass is 10.0. The number of aromatic nitrogens is 1. The molecule has 0 bridgehead atoms. The van der Waals surface area contributed by atoms with Crippen molar-refractivity contribution in [3.63, 3.8) is 0 Å². The molecule has 2 amide bonds. The number of nitriles is 1. The molecule has 2 heterocycles. The zero-order valence-corrected chi connectivity index (χ0v) is 19.6. The second-order valence-corrected chi connectivity index (χ2v) is 8.15. The van der Waals surface area contributed by atoms with Gasteiger partial charge < -0.3 is 24.4 Å². The van der Waals surface area contributed by atoms with E-state index in [0.717, 1.165) is 12.1 Å². The SMILES string of the molecule is COCCNC(=O)C1CN(c2ccc(C#N)c(C(F)(F)F)c2)CCN1C(=O)Cc1c(C)noc1C. The zero-order valence-electron chi connectivity index (χ0n) is 19.6. The summed E-state index contributed by atoms with van der Waals surface area (Å²) in [4.78, 5) is 29.2. The lowest BCUT2D eigenvalue weighted by molar-refractivity contribution is -0.140. The number of halogens is 3. The van der Waals surface area contributed by atoms with Crippen molar-refractivity contribution in [1.82, 2.24) is 15.4 Å². The topological polar surface area (TPSA) is 112 Å². The fraction of sp³-hybridized carbons (Fsp3) is 0.478. The van der Waals surface area contributed by atoms with Gasteiger partial charge in [0.1, 0.15) is 11.8 Å². The van der Waals surface area contributed by atoms with Gasteiger partial charge in [0, 0.05) is 44.5 Å². The Morgan fingerprint density at radius 2 is 2.06 bits per heavy atom. The fourth-order valence-corrected chi connectivity index (χ4v) is 4.00. The minimum absolute atomic E-state index is 0.0158. The van der Waals surface area contributed by atoms with Gasteiger partial charge in [-0.1, -0.05) is 5.16 Å². The molecule has 1 fully saturated rings. The summed E-state index contributed by atoms with van der Waals surface area (Å²) in [6, 6.07) is 4.04. The van der Waals surface area contributed by atoms with Crippen molar-refractivity contribution >= 4 is 17.5 Å². The number of carbonyl (C=O) groups excluding carboxylic acids is 2. The first-order valence-corrected chi connectivity index (χ1v) is 10.9. The van der Waals surface area contributed by atoms with Crippen molar-refractivity contribution < 1.29 is 32.0 Å². The highest BCUT2D eigenvalue weighted by Gasteiger charge is 2.38. The number of nitrogens with one attached hydrogen (secondary N) is 1. The van der Waals surface area contributed by atoms with E-state index in [1.54, 1.807) is 24.8 Å². The summed E-state index contributed by atoms with van der Waals surface area (Å²) >= 11 is 0. The maximum absolute atomic E-state index is 13.5. The molecule has 1 N–H and O–H groups in total. The number of hydrogen-bond donors (Lipinski definition) is 1. The third-order valence-electron chi connectivity index (χ3n) is 5.91. The number of ether oxygens (including phenoxy) is 1. The molecular formula is C23H26F3N5O4. The maximum atomic E-state index is 13.5. The highest BCUT2D eigenvalue weighted by atomic mass is 19.4. The van der Waals surface area contributed by atoms with Crippen LogP contribution in [0.5, 0.6) is 0 Å². The van der Waals surface area contributed by atoms with Crippen LogP contribution in [0.15, 0.2) is 22.7 Å². The Kier molecular flexibility index (Phi) is 8.01. The van der Waals surface area contributed by atoms with Crippen LogP contribution in [0.3, 0.4) is 0 Å². The van der Waals surface area contributed by atoms with Crippen molar-refractivity contribution in [1.29, 1.82) is 5.26 Å². The number of amides is 2. The number of anilines is 1. The third-order valence-corrected chi connectivity index (χ3v) is 5.91. The second kappa shape index (κ2) is 10.8. The van der Waals surface area contributed by atoms with Gasteiger partial charge in [-0.25, -0.2) is 0 Å². The number of alkyl halides is 3. The Morgan fingerprint density at radius 1 is 1.31 bits per heavy atom. The molecule has 1 aromatic heterocycles. The minimum atomic E-state index is -4.70. The monoisotopic (exact) mass is 493 g/mol. The molecule has 1 aliphatic heterocycles. The van der Waals surface area contributed by atoms with Crippen molar-refractivity contribution in [3.05, 3.63) is 46.3 Å². The van der Waals surface area contributed by atoms with Gasteiger partial charge in [-0.15, -0.1) is 0 Å². The molecule has 0 saturated carbocycles. The van der Waals surface area contributed by atoms with E-state index in [2.05, 4.69) is 10.5 Å². The van der Waals surface area contributed by atoms with Crippen LogP contribution in [0, 0.1) is 25.2 Å². The van der Waals surface area contributed by atoms with E-state index in [1.807, 2.05) is 0 Å². The van der Waals surface area contributed by atoms with Crippen molar-refractivity contribution in [3.8, 4) is 6.07 Å². The predicted molar refractivity (Wildman–Crippen MR) is 118 cm³/mol. The number of nitrogens with zero attached hydrogens (tertiary/aromatic N) is 4. The average molecular weight is 493 g/mol.